The fraction of sp³-hybridized carbons (Fsp3) is 0.241. The predicted molar refractivity (Wildman–Crippen MR) is 144 cm³/mol. The van der Waals surface area contributed by atoms with Crippen LogP contribution in [0.15, 0.2) is 61.2 Å². The molecule has 2 amide bonds. The van der Waals surface area contributed by atoms with Gasteiger partial charge in [0.25, 0.3) is 11.8 Å². The molecule has 0 saturated carbocycles. The zero-order valence-corrected chi connectivity index (χ0v) is 22.4. The van der Waals surface area contributed by atoms with Gasteiger partial charge in [0, 0.05) is 20.5 Å². The zero-order chi connectivity index (χ0) is 28.7. The van der Waals surface area contributed by atoms with E-state index >= 15 is 0 Å². The summed E-state index contributed by atoms with van der Waals surface area (Å²) in [4.78, 5) is 62.8. The van der Waals surface area contributed by atoms with Gasteiger partial charge in [0.1, 0.15) is 12.7 Å². The van der Waals surface area contributed by atoms with Crippen molar-refractivity contribution in [2.24, 2.45) is 0 Å². The molecule has 0 atom stereocenters. The lowest BCUT2D eigenvalue weighted by atomic mass is 10.1. The summed E-state index contributed by atoms with van der Waals surface area (Å²) in [5.41, 5.74) is 3.67. The highest BCUT2D eigenvalue weighted by Gasteiger charge is 2.30. The van der Waals surface area contributed by atoms with Crippen LogP contribution in [-0.2, 0) is 22.6 Å². The van der Waals surface area contributed by atoms with Gasteiger partial charge in [-0.15, -0.1) is 0 Å². The molecule has 41 heavy (non-hydrogen) atoms. The van der Waals surface area contributed by atoms with Gasteiger partial charge in [-0.2, -0.15) is 0 Å². The summed E-state index contributed by atoms with van der Waals surface area (Å²) in [6, 6.07) is 14.3. The molecule has 4 aromatic rings. The van der Waals surface area contributed by atoms with Gasteiger partial charge in [0.05, 0.1) is 60.2 Å². The number of amides is 2. The molecule has 4 heterocycles. The SMILES string of the molecule is CN1Cc2c(C(=O)OCCCOC(=O)c3ncn4c3CN(C)C(=O)c3ccccc3-4)ncn2-c2ccccc2C1=O. The normalized spacial score (nSPS) is 13.9. The van der Waals surface area contributed by atoms with Gasteiger partial charge in [-0.05, 0) is 24.3 Å². The Labute approximate surface area is 234 Å². The van der Waals surface area contributed by atoms with Gasteiger partial charge in [0.15, 0.2) is 11.4 Å². The van der Waals surface area contributed by atoms with Crippen molar-refractivity contribution in [1.82, 2.24) is 28.9 Å². The Morgan fingerprint density at radius 3 is 1.56 bits per heavy atom. The topological polar surface area (TPSA) is 129 Å². The van der Waals surface area contributed by atoms with Gasteiger partial charge in [0.2, 0.25) is 0 Å². The number of hydrogen-bond acceptors (Lipinski definition) is 8. The van der Waals surface area contributed by atoms with Crippen LogP contribution in [0.25, 0.3) is 11.4 Å². The molecule has 6 rings (SSSR count). The Bertz CT molecular complexity index is 1580. The van der Waals surface area contributed by atoms with Crippen LogP contribution in [0.5, 0.6) is 0 Å². The largest absolute Gasteiger partial charge is 0.461 e. The lowest BCUT2D eigenvalue weighted by Gasteiger charge is -2.14. The molecule has 2 aliphatic heterocycles. The minimum absolute atomic E-state index is 0.00428. The minimum Gasteiger partial charge on any atom is -0.461 e. The van der Waals surface area contributed by atoms with Crippen molar-refractivity contribution < 1.29 is 28.7 Å². The zero-order valence-electron chi connectivity index (χ0n) is 22.4. The Hall–Kier alpha value is -5.26. The number of carbonyl (C=O) groups is 4. The molecule has 0 unspecified atom stereocenters. The first kappa shape index (κ1) is 26.0. The van der Waals surface area contributed by atoms with Crippen LogP contribution in [-0.4, -0.2) is 80.0 Å². The molecule has 0 N–H and O–H groups in total. The minimum atomic E-state index is -0.629. The van der Waals surface area contributed by atoms with Crippen molar-refractivity contribution in [2.75, 3.05) is 27.3 Å². The first-order valence-corrected chi connectivity index (χ1v) is 13.0. The number of aromatic nitrogens is 4. The van der Waals surface area contributed by atoms with Gasteiger partial charge in [-0.3, -0.25) is 18.7 Å². The molecule has 12 heteroatoms. The van der Waals surface area contributed by atoms with Gasteiger partial charge < -0.3 is 19.3 Å². The van der Waals surface area contributed by atoms with E-state index in [9.17, 15) is 19.2 Å². The van der Waals surface area contributed by atoms with Crippen LogP contribution in [0.3, 0.4) is 0 Å². The number of hydrogen-bond donors (Lipinski definition) is 0. The second-order valence-electron chi connectivity index (χ2n) is 9.80. The second kappa shape index (κ2) is 10.4. The Morgan fingerprint density at radius 2 is 1.12 bits per heavy atom. The van der Waals surface area contributed by atoms with E-state index in [-0.39, 0.29) is 55.9 Å². The number of ether oxygens (including phenoxy) is 2. The number of para-hydroxylation sites is 2. The van der Waals surface area contributed by atoms with Crippen molar-refractivity contribution in [3.05, 3.63) is 95.1 Å². The average molecular weight is 555 g/mol. The van der Waals surface area contributed by atoms with E-state index in [0.29, 0.717) is 33.9 Å². The number of nitrogens with zero attached hydrogens (tertiary/aromatic N) is 6. The summed E-state index contributed by atoms with van der Waals surface area (Å²) in [6.45, 7) is 0.372. The molecule has 0 bridgehead atoms. The number of carbonyl (C=O) groups excluding carboxylic acids is 4. The quantitative estimate of drug-likeness (QED) is 0.263. The molecule has 208 valence electrons. The van der Waals surface area contributed by atoms with E-state index in [1.54, 1.807) is 59.6 Å². The third-order valence-corrected chi connectivity index (χ3v) is 7.13. The number of rotatable bonds is 6. The molecule has 2 aromatic carbocycles. The number of fused-ring (bicyclic) bond motifs is 6. The van der Waals surface area contributed by atoms with Crippen LogP contribution in [0.4, 0.5) is 0 Å². The fourth-order valence-corrected chi connectivity index (χ4v) is 5.06. The van der Waals surface area contributed by atoms with E-state index in [4.69, 9.17) is 9.47 Å². The molecule has 12 nitrogen and oxygen atoms in total. The average Bonchev–Trinajstić information content (AvgIpc) is 3.55. The van der Waals surface area contributed by atoms with Crippen molar-refractivity contribution in [1.29, 1.82) is 0 Å². The van der Waals surface area contributed by atoms with Crippen molar-refractivity contribution in [2.45, 2.75) is 19.5 Å². The van der Waals surface area contributed by atoms with Crippen LogP contribution in [0.1, 0.15) is 59.5 Å². The third kappa shape index (κ3) is 4.52. The molecular formula is C29H26N6O6. The molecule has 2 aromatic heterocycles. The monoisotopic (exact) mass is 554 g/mol. The van der Waals surface area contributed by atoms with E-state index in [2.05, 4.69) is 9.97 Å². The van der Waals surface area contributed by atoms with Gasteiger partial charge >= 0.3 is 11.9 Å². The Morgan fingerprint density at radius 1 is 0.707 bits per heavy atom. The molecule has 2 aliphatic rings. The lowest BCUT2D eigenvalue weighted by Crippen LogP contribution is -2.26. The predicted octanol–water partition coefficient (Wildman–Crippen LogP) is 2.63. The maximum Gasteiger partial charge on any atom is 0.358 e. The van der Waals surface area contributed by atoms with Crippen LogP contribution in [0.2, 0.25) is 0 Å². The summed E-state index contributed by atoms with van der Waals surface area (Å²) < 4.78 is 14.3. The second-order valence-corrected chi connectivity index (χ2v) is 9.80. The number of esters is 2. The van der Waals surface area contributed by atoms with Crippen LogP contribution < -0.4 is 0 Å². The Kier molecular flexibility index (Phi) is 6.58. The molecule has 0 saturated heterocycles. The van der Waals surface area contributed by atoms with Crippen molar-refractivity contribution in [3.8, 4) is 11.4 Å². The van der Waals surface area contributed by atoms with E-state index in [1.165, 1.54) is 22.5 Å². The lowest BCUT2D eigenvalue weighted by molar-refractivity contribution is 0.0385. The van der Waals surface area contributed by atoms with Crippen molar-refractivity contribution >= 4 is 23.8 Å². The molecule has 0 aliphatic carbocycles. The summed E-state index contributed by atoms with van der Waals surface area (Å²) in [6.07, 6.45) is 3.28. The molecule has 0 radical (unpaired) electrons. The maximum atomic E-state index is 12.9. The number of imidazole rings is 2. The van der Waals surface area contributed by atoms with Crippen molar-refractivity contribution in [3.63, 3.8) is 0 Å². The summed E-state index contributed by atoms with van der Waals surface area (Å²) in [5, 5.41) is 0. The highest BCUT2D eigenvalue weighted by Crippen LogP contribution is 2.27. The number of benzene rings is 2. The van der Waals surface area contributed by atoms with E-state index in [1.807, 2.05) is 12.1 Å². The molecular weight excluding hydrogens is 528 g/mol. The van der Waals surface area contributed by atoms with Gasteiger partial charge in [-0.1, -0.05) is 24.3 Å². The van der Waals surface area contributed by atoms with E-state index < -0.39 is 11.9 Å². The summed E-state index contributed by atoms with van der Waals surface area (Å²) in [7, 11) is 3.33. The Balaban J connectivity index is 1.08. The third-order valence-electron chi connectivity index (χ3n) is 7.13. The summed E-state index contributed by atoms with van der Waals surface area (Å²) >= 11 is 0. The van der Waals surface area contributed by atoms with E-state index in [0.717, 1.165) is 0 Å². The first-order valence-electron chi connectivity index (χ1n) is 13.0. The summed E-state index contributed by atoms with van der Waals surface area (Å²) in [5.74, 6) is -1.56. The maximum absolute atomic E-state index is 12.9. The first-order chi connectivity index (χ1) is 19.8. The highest BCUT2D eigenvalue weighted by molar-refractivity contribution is 5.99. The molecule has 0 fully saturated rings. The standard InChI is InChI=1S/C29H26N6O6/c1-32-14-22-24(30-16-34(22)20-10-5-3-8-18(20)26(32)36)28(38)40-12-7-13-41-29(39)25-23-15-33(2)27(37)19-9-4-6-11-21(19)35(23)17-31-25/h3-6,8-11,16-17H,7,12-15H2,1-2H3. The van der Waals surface area contributed by atoms with Gasteiger partial charge in [-0.25, -0.2) is 19.6 Å². The highest BCUT2D eigenvalue weighted by atomic mass is 16.5. The smallest absolute Gasteiger partial charge is 0.358 e. The fourth-order valence-electron chi connectivity index (χ4n) is 5.06. The molecule has 0 spiro atoms. The van der Waals surface area contributed by atoms with Crippen LogP contribution in [0, 0.1) is 0 Å². The van der Waals surface area contributed by atoms with Crippen LogP contribution >= 0.6 is 0 Å².